The van der Waals surface area contributed by atoms with Crippen molar-refractivity contribution in [2.45, 2.75) is 13.0 Å². The number of furan rings is 1. The highest BCUT2D eigenvalue weighted by molar-refractivity contribution is 6.14. The third kappa shape index (κ3) is 3.01. The van der Waals surface area contributed by atoms with Crippen LogP contribution in [0.25, 0.3) is 6.08 Å². The van der Waals surface area contributed by atoms with E-state index in [2.05, 4.69) is 0 Å². The van der Waals surface area contributed by atoms with Crippen molar-refractivity contribution in [2.24, 2.45) is 0 Å². The van der Waals surface area contributed by atoms with Crippen LogP contribution in [0, 0.1) is 0 Å². The van der Waals surface area contributed by atoms with E-state index in [0.717, 1.165) is 0 Å². The smallest absolute Gasteiger partial charge is 0.290 e. The largest absolute Gasteiger partial charge is 0.503 e. The molecule has 134 valence electrons. The molecule has 1 unspecified atom stereocenters. The number of benzene rings is 1. The molecule has 2 aromatic rings. The maximum atomic E-state index is 12.8. The standard InChI is InChI=1S/C20H19NO5/c1-3-21-18(14-8-4-5-9-16(14)25-2)17(19(23)20(21)24)15(22)11-10-13-7-6-12-26-13/h4-12,18,23H,3H2,1-2H3/b11-10+. The highest BCUT2D eigenvalue weighted by Gasteiger charge is 2.43. The number of allylic oxidation sites excluding steroid dienone is 1. The molecule has 0 fully saturated rings. The third-order valence-corrected chi connectivity index (χ3v) is 4.29. The minimum atomic E-state index is -0.711. The van der Waals surface area contributed by atoms with Crippen LogP contribution in [0.5, 0.6) is 5.75 Å². The predicted octanol–water partition coefficient (Wildman–Crippen LogP) is 3.29. The van der Waals surface area contributed by atoms with Crippen LogP contribution in [0.1, 0.15) is 24.3 Å². The number of rotatable bonds is 6. The number of para-hydroxylation sites is 1. The highest BCUT2D eigenvalue weighted by Crippen LogP contribution is 2.41. The lowest BCUT2D eigenvalue weighted by atomic mass is 9.95. The number of carbonyl (C=O) groups is 2. The summed E-state index contributed by atoms with van der Waals surface area (Å²) in [5, 5.41) is 10.4. The van der Waals surface area contributed by atoms with Crippen molar-refractivity contribution in [2.75, 3.05) is 13.7 Å². The molecular weight excluding hydrogens is 334 g/mol. The summed E-state index contributed by atoms with van der Waals surface area (Å²) in [7, 11) is 1.52. The van der Waals surface area contributed by atoms with E-state index in [1.54, 1.807) is 43.3 Å². The number of carbonyl (C=O) groups excluding carboxylic acids is 2. The van der Waals surface area contributed by atoms with E-state index in [1.807, 2.05) is 0 Å². The van der Waals surface area contributed by atoms with Crippen molar-refractivity contribution in [3.63, 3.8) is 0 Å². The number of methoxy groups -OCH3 is 1. The number of hydrogen-bond acceptors (Lipinski definition) is 5. The molecule has 1 aromatic carbocycles. The van der Waals surface area contributed by atoms with Gasteiger partial charge in [0, 0.05) is 12.1 Å². The SMILES string of the molecule is CCN1C(=O)C(O)=C(C(=O)/C=C/c2ccco2)C1c1ccccc1OC. The van der Waals surface area contributed by atoms with Gasteiger partial charge in [0.15, 0.2) is 11.5 Å². The molecule has 0 bridgehead atoms. The summed E-state index contributed by atoms with van der Waals surface area (Å²) in [5.41, 5.74) is 0.674. The molecule has 2 heterocycles. The summed E-state index contributed by atoms with van der Waals surface area (Å²) >= 11 is 0. The Labute approximate surface area is 151 Å². The van der Waals surface area contributed by atoms with Crippen molar-refractivity contribution in [1.29, 1.82) is 0 Å². The molecular formula is C20H19NO5. The van der Waals surface area contributed by atoms with Crippen LogP contribution < -0.4 is 4.74 Å². The Hall–Kier alpha value is -3.28. The molecule has 1 N–H and O–H groups in total. The number of likely N-dealkylation sites (N-methyl/N-ethyl adjacent to an activating group) is 1. The van der Waals surface area contributed by atoms with Crippen LogP contribution in [-0.2, 0) is 9.59 Å². The van der Waals surface area contributed by atoms with E-state index < -0.39 is 23.5 Å². The highest BCUT2D eigenvalue weighted by atomic mass is 16.5. The van der Waals surface area contributed by atoms with Gasteiger partial charge in [-0.2, -0.15) is 0 Å². The first kappa shape index (κ1) is 17.5. The molecule has 3 rings (SSSR count). The Kier molecular flexibility index (Phi) is 4.93. The molecule has 1 aromatic heterocycles. The average molecular weight is 353 g/mol. The Bertz CT molecular complexity index is 879. The second-order valence-electron chi connectivity index (χ2n) is 5.71. The molecule has 0 saturated carbocycles. The molecule has 1 aliphatic heterocycles. The van der Waals surface area contributed by atoms with Gasteiger partial charge in [-0.3, -0.25) is 9.59 Å². The number of hydrogen-bond donors (Lipinski definition) is 1. The summed E-state index contributed by atoms with van der Waals surface area (Å²) < 4.78 is 10.6. The monoisotopic (exact) mass is 353 g/mol. The molecule has 0 aliphatic carbocycles. The Balaban J connectivity index is 2.04. The van der Waals surface area contributed by atoms with Crippen molar-refractivity contribution < 1.29 is 23.8 Å². The van der Waals surface area contributed by atoms with Crippen LogP contribution >= 0.6 is 0 Å². The second kappa shape index (κ2) is 7.31. The number of ketones is 1. The average Bonchev–Trinajstić information content (AvgIpc) is 3.26. The lowest BCUT2D eigenvalue weighted by Crippen LogP contribution is -2.30. The van der Waals surface area contributed by atoms with Crippen LogP contribution in [0.2, 0.25) is 0 Å². The minimum Gasteiger partial charge on any atom is -0.503 e. The molecule has 0 radical (unpaired) electrons. The number of nitrogens with zero attached hydrogens (tertiary/aromatic N) is 1. The topological polar surface area (TPSA) is 80.0 Å². The van der Waals surface area contributed by atoms with Crippen molar-refractivity contribution >= 4 is 17.8 Å². The van der Waals surface area contributed by atoms with Crippen molar-refractivity contribution in [1.82, 2.24) is 4.90 Å². The van der Waals surface area contributed by atoms with Crippen molar-refractivity contribution in [3.8, 4) is 5.75 Å². The molecule has 0 spiro atoms. The van der Waals surface area contributed by atoms with E-state index in [-0.39, 0.29) is 5.57 Å². The zero-order valence-corrected chi connectivity index (χ0v) is 14.5. The van der Waals surface area contributed by atoms with Gasteiger partial charge in [-0.1, -0.05) is 18.2 Å². The zero-order valence-electron chi connectivity index (χ0n) is 14.5. The number of aliphatic hydroxyl groups is 1. The van der Waals surface area contributed by atoms with E-state index >= 15 is 0 Å². The van der Waals surface area contributed by atoms with E-state index in [4.69, 9.17) is 9.15 Å². The van der Waals surface area contributed by atoms with Crippen LogP contribution in [0.4, 0.5) is 0 Å². The molecule has 1 aliphatic rings. The number of amides is 1. The van der Waals surface area contributed by atoms with E-state index in [1.165, 1.54) is 30.4 Å². The van der Waals surface area contributed by atoms with Gasteiger partial charge in [0.1, 0.15) is 11.5 Å². The lowest BCUT2D eigenvalue weighted by molar-refractivity contribution is -0.129. The second-order valence-corrected chi connectivity index (χ2v) is 5.71. The summed E-state index contributed by atoms with van der Waals surface area (Å²) in [6, 6.07) is 9.83. The van der Waals surface area contributed by atoms with Gasteiger partial charge >= 0.3 is 0 Å². The maximum absolute atomic E-state index is 12.8. The van der Waals surface area contributed by atoms with Gasteiger partial charge in [0.25, 0.3) is 5.91 Å². The number of aliphatic hydroxyl groups excluding tert-OH is 1. The van der Waals surface area contributed by atoms with Gasteiger partial charge in [-0.05, 0) is 37.3 Å². The fraction of sp³-hybridized carbons (Fsp3) is 0.200. The summed E-state index contributed by atoms with van der Waals surface area (Å²) in [6.07, 6.45) is 4.29. The summed E-state index contributed by atoms with van der Waals surface area (Å²) in [5.74, 6) is -0.517. The third-order valence-electron chi connectivity index (χ3n) is 4.29. The Morgan fingerprint density at radius 1 is 1.31 bits per heavy atom. The first-order valence-corrected chi connectivity index (χ1v) is 8.21. The van der Waals surface area contributed by atoms with Gasteiger partial charge in [-0.25, -0.2) is 0 Å². The first-order chi connectivity index (χ1) is 12.6. The Morgan fingerprint density at radius 2 is 2.08 bits per heavy atom. The molecule has 1 amide bonds. The normalized spacial score (nSPS) is 17.4. The Morgan fingerprint density at radius 3 is 2.73 bits per heavy atom. The molecule has 0 saturated heterocycles. The number of ether oxygens (including phenoxy) is 1. The molecule has 26 heavy (non-hydrogen) atoms. The van der Waals surface area contributed by atoms with Gasteiger partial charge in [-0.15, -0.1) is 0 Å². The van der Waals surface area contributed by atoms with Crippen LogP contribution in [-0.4, -0.2) is 35.4 Å². The molecule has 6 heteroatoms. The van der Waals surface area contributed by atoms with Crippen LogP contribution in [0.15, 0.2) is 64.5 Å². The minimum absolute atomic E-state index is 0.0316. The predicted molar refractivity (Wildman–Crippen MR) is 95.5 cm³/mol. The fourth-order valence-electron chi connectivity index (χ4n) is 3.08. The lowest BCUT2D eigenvalue weighted by Gasteiger charge is -2.26. The van der Waals surface area contributed by atoms with E-state index in [9.17, 15) is 14.7 Å². The van der Waals surface area contributed by atoms with E-state index in [0.29, 0.717) is 23.6 Å². The van der Waals surface area contributed by atoms with Gasteiger partial charge in [0.2, 0.25) is 0 Å². The van der Waals surface area contributed by atoms with Crippen LogP contribution in [0.3, 0.4) is 0 Å². The van der Waals surface area contributed by atoms with Gasteiger partial charge < -0.3 is 19.2 Å². The zero-order chi connectivity index (χ0) is 18.7. The molecule has 1 atom stereocenters. The quantitative estimate of drug-likeness (QED) is 0.806. The summed E-state index contributed by atoms with van der Waals surface area (Å²) in [6.45, 7) is 2.13. The molecule has 6 nitrogen and oxygen atoms in total. The fourth-order valence-corrected chi connectivity index (χ4v) is 3.08. The van der Waals surface area contributed by atoms with Gasteiger partial charge in [0.05, 0.1) is 25.0 Å². The maximum Gasteiger partial charge on any atom is 0.290 e. The summed E-state index contributed by atoms with van der Waals surface area (Å²) in [4.78, 5) is 26.7. The first-order valence-electron chi connectivity index (χ1n) is 8.21. The van der Waals surface area contributed by atoms with Crippen molar-refractivity contribution in [3.05, 3.63) is 71.4 Å².